The molecule has 0 atom stereocenters. The third-order valence-corrected chi connectivity index (χ3v) is 4.78. The summed E-state index contributed by atoms with van der Waals surface area (Å²) in [5.41, 5.74) is 2.99. The van der Waals surface area contributed by atoms with E-state index in [2.05, 4.69) is 14.8 Å². The quantitative estimate of drug-likeness (QED) is 0.498. The van der Waals surface area contributed by atoms with Crippen LogP contribution >= 0.6 is 0 Å². The van der Waals surface area contributed by atoms with Crippen LogP contribution in [0.25, 0.3) is 23.0 Å². The molecule has 148 valence electrons. The van der Waals surface area contributed by atoms with Crippen LogP contribution in [0.1, 0.15) is 35.6 Å². The predicted molar refractivity (Wildman–Crippen MR) is 103 cm³/mol. The van der Waals surface area contributed by atoms with Gasteiger partial charge in [-0.15, -0.1) is 0 Å². The van der Waals surface area contributed by atoms with E-state index in [1.807, 2.05) is 6.92 Å². The Morgan fingerprint density at radius 2 is 2.10 bits per heavy atom. The first-order valence-corrected chi connectivity index (χ1v) is 9.08. The van der Waals surface area contributed by atoms with Crippen molar-refractivity contribution < 1.29 is 23.5 Å². The van der Waals surface area contributed by atoms with Gasteiger partial charge in [-0.25, -0.2) is 18.7 Å². The van der Waals surface area contributed by atoms with Gasteiger partial charge in [-0.05, 0) is 24.6 Å². The van der Waals surface area contributed by atoms with Crippen LogP contribution < -0.4 is 4.74 Å². The first-order valence-electron chi connectivity index (χ1n) is 9.08. The number of hydrogen-bond donors (Lipinski definition) is 0. The lowest BCUT2D eigenvalue weighted by molar-refractivity contribution is -0.136. The number of aryl methyl sites for hydroxylation is 1. The Bertz CT molecular complexity index is 1200. The van der Waals surface area contributed by atoms with Crippen molar-refractivity contribution in [2.24, 2.45) is 0 Å². The number of benzene rings is 1. The fourth-order valence-electron chi connectivity index (χ4n) is 3.26. The third-order valence-electron chi connectivity index (χ3n) is 4.78. The van der Waals surface area contributed by atoms with Gasteiger partial charge in [-0.1, -0.05) is 13.0 Å². The highest BCUT2D eigenvalue weighted by Gasteiger charge is 2.24. The second kappa shape index (κ2) is 7.12. The molecule has 0 saturated carbocycles. The summed E-state index contributed by atoms with van der Waals surface area (Å²) in [6.07, 6.45) is 2.19. The van der Waals surface area contributed by atoms with E-state index in [0.29, 0.717) is 34.6 Å². The number of nitrogens with zero attached hydrogens (tertiary/aromatic N) is 3. The number of esters is 1. The van der Waals surface area contributed by atoms with Crippen LogP contribution in [0.2, 0.25) is 0 Å². The summed E-state index contributed by atoms with van der Waals surface area (Å²) in [5.74, 6) is -1.18. The van der Waals surface area contributed by atoms with Crippen LogP contribution in [0.5, 0.6) is 5.75 Å². The average molecular weight is 395 g/mol. The van der Waals surface area contributed by atoms with Gasteiger partial charge in [0.05, 0.1) is 18.4 Å². The molecular weight excluding hydrogens is 377 g/mol. The van der Waals surface area contributed by atoms with Crippen molar-refractivity contribution in [2.75, 3.05) is 13.7 Å². The molecule has 0 unspecified atom stereocenters. The van der Waals surface area contributed by atoms with Crippen molar-refractivity contribution in [3.05, 3.63) is 52.6 Å². The number of fused-ring (bicyclic) bond motifs is 2. The Morgan fingerprint density at radius 3 is 2.79 bits per heavy atom. The van der Waals surface area contributed by atoms with Crippen molar-refractivity contribution in [3.63, 3.8) is 0 Å². The number of aromatic nitrogens is 3. The smallest absolute Gasteiger partial charge is 0.337 e. The maximum atomic E-state index is 15.2. The highest BCUT2D eigenvalue weighted by molar-refractivity contribution is 5.95. The van der Waals surface area contributed by atoms with Crippen LogP contribution in [0, 0.1) is 5.82 Å². The van der Waals surface area contributed by atoms with E-state index in [4.69, 9.17) is 4.74 Å². The molecule has 4 rings (SSSR count). The van der Waals surface area contributed by atoms with Crippen LogP contribution in [-0.4, -0.2) is 40.1 Å². The number of Topliss-reactive ketones (excluding diaryl/α,β-unsaturated/α-hetero) is 1. The van der Waals surface area contributed by atoms with Crippen molar-refractivity contribution in [1.29, 1.82) is 0 Å². The first kappa shape index (κ1) is 18.8. The molecule has 3 aromatic rings. The van der Waals surface area contributed by atoms with E-state index in [1.165, 1.54) is 14.0 Å². The van der Waals surface area contributed by atoms with Crippen molar-refractivity contribution >= 4 is 23.5 Å². The molecule has 0 spiro atoms. The molecule has 0 bridgehead atoms. The molecule has 29 heavy (non-hydrogen) atoms. The van der Waals surface area contributed by atoms with Crippen molar-refractivity contribution in [2.45, 2.75) is 20.3 Å². The molecule has 0 saturated heterocycles. The number of carbonyl (C=O) groups is 2. The Kier molecular flexibility index (Phi) is 4.62. The van der Waals surface area contributed by atoms with Gasteiger partial charge >= 0.3 is 5.97 Å². The van der Waals surface area contributed by atoms with Gasteiger partial charge in [0.2, 0.25) is 0 Å². The summed E-state index contributed by atoms with van der Waals surface area (Å²) in [6.45, 7) is 3.32. The van der Waals surface area contributed by atoms with Crippen LogP contribution in [0.3, 0.4) is 0 Å². The number of rotatable bonds is 4. The van der Waals surface area contributed by atoms with Gasteiger partial charge in [0.1, 0.15) is 12.3 Å². The van der Waals surface area contributed by atoms with E-state index < -0.39 is 11.8 Å². The summed E-state index contributed by atoms with van der Waals surface area (Å²) in [7, 11) is 1.28. The van der Waals surface area contributed by atoms with E-state index in [0.717, 1.165) is 5.69 Å². The SMILES string of the molecule is CCc1cc(C(C)=O)nc2cc(-c3ccc4c(c3F)OCC(C(=O)OC)=C4)nn12. The lowest BCUT2D eigenvalue weighted by Gasteiger charge is -2.18. The summed E-state index contributed by atoms with van der Waals surface area (Å²) in [5, 5.41) is 4.48. The molecule has 1 aromatic carbocycles. The summed E-state index contributed by atoms with van der Waals surface area (Å²) < 4.78 is 26.9. The molecule has 8 heteroatoms. The highest BCUT2D eigenvalue weighted by atomic mass is 19.1. The topological polar surface area (TPSA) is 82.8 Å². The first-order chi connectivity index (χ1) is 13.9. The fourth-order valence-corrected chi connectivity index (χ4v) is 3.26. The Morgan fingerprint density at radius 1 is 1.31 bits per heavy atom. The van der Waals surface area contributed by atoms with E-state index >= 15 is 4.39 Å². The zero-order chi connectivity index (χ0) is 20.7. The van der Waals surface area contributed by atoms with Gasteiger partial charge < -0.3 is 9.47 Å². The molecule has 0 radical (unpaired) electrons. The van der Waals surface area contributed by atoms with Gasteiger partial charge in [-0.2, -0.15) is 5.10 Å². The van der Waals surface area contributed by atoms with Crippen molar-refractivity contribution in [1.82, 2.24) is 14.6 Å². The molecular formula is C21H18FN3O4. The molecule has 0 amide bonds. The van der Waals surface area contributed by atoms with Crippen LogP contribution in [-0.2, 0) is 16.0 Å². The second-order valence-corrected chi connectivity index (χ2v) is 6.64. The number of methoxy groups -OCH3 is 1. The lowest BCUT2D eigenvalue weighted by Crippen LogP contribution is -2.16. The maximum Gasteiger partial charge on any atom is 0.337 e. The Hall–Kier alpha value is -3.55. The summed E-state index contributed by atoms with van der Waals surface area (Å²) in [4.78, 5) is 27.7. The minimum absolute atomic E-state index is 0.0558. The number of ether oxygens (including phenoxy) is 2. The third kappa shape index (κ3) is 3.16. The fraction of sp³-hybridized carbons (Fsp3) is 0.238. The number of carbonyl (C=O) groups excluding carboxylic acids is 2. The monoisotopic (exact) mass is 395 g/mol. The largest absolute Gasteiger partial charge is 0.485 e. The van der Waals surface area contributed by atoms with Crippen LogP contribution in [0.15, 0.2) is 29.8 Å². The molecule has 1 aliphatic heterocycles. The van der Waals surface area contributed by atoms with Crippen LogP contribution in [0.4, 0.5) is 4.39 Å². The summed E-state index contributed by atoms with van der Waals surface area (Å²) >= 11 is 0. The Labute approximate surface area is 165 Å². The molecule has 0 N–H and O–H groups in total. The van der Waals surface area contributed by atoms with Crippen molar-refractivity contribution in [3.8, 4) is 17.0 Å². The summed E-state index contributed by atoms with van der Waals surface area (Å²) in [6, 6.07) is 6.56. The number of hydrogen-bond acceptors (Lipinski definition) is 6. The number of halogens is 1. The zero-order valence-corrected chi connectivity index (χ0v) is 16.2. The second-order valence-electron chi connectivity index (χ2n) is 6.64. The molecule has 7 nitrogen and oxygen atoms in total. The zero-order valence-electron chi connectivity index (χ0n) is 16.2. The molecule has 3 heterocycles. The molecule has 0 fully saturated rings. The van der Waals surface area contributed by atoms with Gasteiger partial charge in [0, 0.05) is 29.8 Å². The minimum Gasteiger partial charge on any atom is -0.485 e. The lowest BCUT2D eigenvalue weighted by atomic mass is 10.0. The maximum absolute atomic E-state index is 15.2. The van der Waals surface area contributed by atoms with Gasteiger partial charge in [0.15, 0.2) is 23.0 Å². The Balaban J connectivity index is 1.82. The molecule has 2 aromatic heterocycles. The highest BCUT2D eigenvalue weighted by Crippen LogP contribution is 2.35. The molecule has 0 aliphatic carbocycles. The standard InChI is InChI=1S/C21H18FN3O4/c1-4-14-8-16(11(2)26)23-18-9-17(24-25(14)18)15-6-5-12-7-13(21(27)28-3)10-29-20(12)19(15)22/h5-9H,4,10H2,1-3H3. The predicted octanol–water partition coefficient (Wildman–Crippen LogP) is 3.25. The average Bonchev–Trinajstić information content (AvgIpc) is 3.16. The molecule has 1 aliphatic rings. The van der Waals surface area contributed by atoms with E-state index in [-0.39, 0.29) is 23.7 Å². The van der Waals surface area contributed by atoms with Gasteiger partial charge in [0.25, 0.3) is 0 Å². The van der Waals surface area contributed by atoms with E-state index in [9.17, 15) is 9.59 Å². The van der Waals surface area contributed by atoms with Gasteiger partial charge in [-0.3, -0.25) is 4.79 Å². The normalized spacial score (nSPS) is 12.9. The van der Waals surface area contributed by atoms with E-state index in [1.54, 1.807) is 34.9 Å². The minimum atomic E-state index is -0.573. The number of ketones is 1.